The van der Waals surface area contributed by atoms with Gasteiger partial charge < -0.3 is 4.90 Å². The Morgan fingerprint density at radius 2 is 2.15 bits per heavy atom. The summed E-state index contributed by atoms with van der Waals surface area (Å²) < 4.78 is 2.57. The summed E-state index contributed by atoms with van der Waals surface area (Å²) in [5.41, 5.74) is 2.99. The minimum absolute atomic E-state index is 0.0914. The van der Waals surface area contributed by atoms with Gasteiger partial charge in [-0.25, -0.2) is 0 Å². The van der Waals surface area contributed by atoms with Gasteiger partial charge in [-0.05, 0) is 26.0 Å². The molecule has 6 heteroatoms. The Bertz CT molecular complexity index is 632. The van der Waals surface area contributed by atoms with E-state index in [0.717, 1.165) is 26.2 Å². The van der Waals surface area contributed by atoms with Crippen LogP contribution >= 0.6 is 22.9 Å². The number of amides is 1. The van der Waals surface area contributed by atoms with E-state index in [0.29, 0.717) is 13.0 Å². The maximum absolute atomic E-state index is 12.3. The molecule has 0 aromatic carbocycles. The molecule has 0 saturated carbocycles. The van der Waals surface area contributed by atoms with Crippen LogP contribution in [0.15, 0.2) is 12.1 Å². The minimum atomic E-state index is 0.0914. The van der Waals surface area contributed by atoms with Gasteiger partial charge in [-0.1, -0.05) is 11.6 Å². The average Bonchev–Trinajstić information content (AvgIpc) is 2.88. The third-order valence-corrected chi connectivity index (χ3v) is 4.65. The Balaban J connectivity index is 2.04. The van der Waals surface area contributed by atoms with Gasteiger partial charge in [0.15, 0.2) is 0 Å². The second-order valence-corrected chi connectivity index (χ2v) is 6.71. The highest BCUT2D eigenvalue weighted by Crippen LogP contribution is 2.22. The number of likely N-dealkylation sites (N-methyl/N-ethyl adjacent to an activating group) is 1. The summed E-state index contributed by atoms with van der Waals surface area (Å²) in [6.45, 7) is 4.52. The van der Waals surface area contributed by atoms with Gasteiger partial charge in [-0.3, -0.25) is 9.48 Å². The molecule has 0 aliphatic heterocycles. The van der Waals surface area contributed by atoms with E-state index < -0.39 is 0 Å². The Morgan fingerprint density at radius 3 is 2.65 bits per heavy atom. The number of aryl methyl sites for hydroxylation is 2. The summed E-state index contributed by atoms with van der Waals surface area (Å²) in [6.07, 6.45) is 0.390. The van der Waals surface area contributed by atoms with Crippen molar-refractivity contribution in [3.63, 3.8) is 0 Å². The number of carbonyl (C=O) groups is 1. The first-order valence-corrected chi connectivity index (χ1v) is 7.55. The molecule has 0 N–H and O–H groups in total. The van der Waals surface area contributed by atoms with E-state index in [4.69, 9.17) is 11.6 Å². The lowest BCUT2D eigenvalue weighted by atomic mass is 10.1. The molecule has 0 unspecified atom stereocenters. The molecule has 1 amide bonds. The molecule has 0 aliphatic rings. The molecule has 2 rings (SSSR count). The maximum Gasteiger partial charge on any atom is 0.227 e. The number of carbonyl (C=O) groups excluding carboxylic acids is 1. The van der Waals surface area contributed by atoms with E-state index in [1.54, 1.807) is 4.90 Å². The number of thiophene rings is 1. The maximum atomic E-state index is 12.3. The summed E-state index contributed by atoms with van der Waals surface area (Å²) in [7, 11) is 3.71. The lowest BCUT2D eigenvalue weighted by Gasteiger charge is -2.16. The Labute approximate surface area is 128 Å². The summed E-state index contributed by atoms with van der Waals surface area (Å²) >= 11 is 7.41. The summed E-state index contributed by atoms with van der Waals surface area (Å²) in [6, 6.07) is 3.81. The first kappa shape index (κ1) is 15.1. The van der Waals surface area contributed by atoms with E-state index in [2.05, 4.69) is 5.10 Å². The summed E-state index contributed by atoms with van der Waals surface area (Å²) in [5, 5.41) is 4.34. The van der Waals surface area contributed by atoms with E-state index in [1.165, 1.54) is 11.3 Å². The zero-order valence-corrected chi connectivity index (χ0v) is 13.7. The molecule has 20 heavy (non-hydrogen) atoms. The van der Waals surface area contributed by atoms with Crippen LogP contribution < -0.4 is 0 Å². The standard InChI is InChI=1S/C14H18ClN3OS/c1-9-12(10(2)18(4)16-9)7-14(19)17(3)8-11-5-6-13(15)20-11/h5-6H,7-8H2,1-4H3. The average molecular weight is 312 g/mol. The monoisotopic (exact) mass is 311 g/mol. The van der Waals surface area contributed by atoms with Crippen molar-refractivity contribution in [2.24, 2.45) is 7.05 Å². The van der Waals surface area contributed by atoms with Crippen LogP contribution in [0.25, 0.3) is 0 Å². The number of hydrogen-bond acceptors (Lipinski definition) is 3. The van der Waals surface area contributed by atoms with Gasteiger partial charge in [0, 0.05) is 30.2 Å². The molecule has 2 aromatic heterocycles. The van der Waals surface area contributed by atoms with Crippen molar-refractivity contribution in [2.75, 3.05) is 7.05 Å². The molecule has 0 bridgehead atoms. The van der Waals surface area contributed by atoms with Crippen molar-refractivity contribution >= 4 is 28.8 Å². The zero-order valence-electron chi connectivity index (χ0n) is 12.1. The van der Waals surface area contributed by atoms with Gasteiger partial charge in [0.2, 0.25) is 5.91 Å². The third kappa shape index (κ3) is 3.22. The highest BCUT2D eigenvalue weighted by Gasteiger charge is 2.16. The third-order valence-electron chi connectivity index (χ3n) is 3.43. The first-order chi connectivity index (χ1) is 9.38. The Morgan fingerprint density at radius 1 is 1.45 bits per heavy atom. The second-order valence-electron chi connectivity index (χ2n) is 4.91. The fourth-order valence-corrected chi connectivity index (χ4v) is 3.26. The topological polar surface area (TPSA) is 38.1 Å². The van der Waals surface area contributed by atoms with Gasteiger partial charge in [-0.15, -0.1) is 11.3 Å². The fourth-order valence-electron chi connectivity index (χ4n) is 2.12. The normalized spacial score (nSPS) is 10.8. The van der Waals surface area contributed by atoms with Crippen LogP contribution in [-0.4, -0.2) is 27.6 Å². The van der Waals surface area contributed by atoms with E-state index in [1.807, 2.05) is 44.8 Å². The minimum Gasteiger partial charge on any atom is -0.340 e. The van der Waals surface area contributed by atoms with Crippen molar-refractivity contribution in [2.45, 2.75) is 26.8 Å². The quantitative estimate of drug-likeness (QED) is 0.870. The highest BCUT2D eigenvalue weighted by atomic mass is 35.5. The van der Waals surface area contributed by atoms with Crippen LogP contribution in [0.2, 0.25) is 4.34 Å². The van der Waals surface area contributed by atoms with Crippen LogP contribution in [0.5, 0.6) is 0 Å². The van der Waals surface area contributed by atoms with E-state index in [9.17, 15) is 4.79 Å². The number of aromatic nitrogens is 2. The SMILES string of the molecule is Cc1nn(C)c(C)c1CC(=O)N(C)Cc1ccc(Cl)s1. The number of nitrogens with zero attached hydrogens (tertiary/aromatic N) is 3. The van der Waals surface area contributed by atoms with E-state index in [-0.39, 0.29) is 5.91 Å². The van der Waals surface area contributed by atoms with Crippen molar-refractivity contribution in [3.05, 3.63) is 38.3 Å². The second kappa shape index (κ2) is 5.97. The van der Waals surface area contributed by atoms with Crippen molar-refractivity contribution < 1.29 is 4.79 Å². The molecule has 0 saturated heterocycles. The van der Waals surface area contributed by atoms with Crippen LogP contribution in [-0.2, 0) is 24.8 Å². The molecule has 2 aromatic rings. The van der Waals surface area contributed by atoms with E-state index >= 15 is 0 Å². The molecule has 108 valence electrons. The lowest BCUT2D eigenvalue weighted by Crippen LogP contribution is -2.27. The summed E-state index contributed by atoms with van der Waals surface area (Å²) in [4.78, 5) is 15.1. The molecule has 0 aliphatic carbocycles. The molecule has 2 heterocycles. The number of rotatable bonds is 4. The largest absolute Gasteiger partial charge is 0.340 e. The molecule has 0 spiro atoms. The lowest BCUT2D eigenvalue weighted by molar-refractivity contribution is -0.129. The highest BCUT2D eigenvalue weighted by molar-refractivity contribution is 7.16. The van der Waals surface area contributed by atoms with Crippen LogP contribution in [0, 0.1) is 13.8 Å². The Hall–Kier alpha value is -1.33. The van der Waals surface area contributed by atoms with Gasteiger partial charge in [0.25, 0.3) is 0 Å². The van der Waals surface area contributed by atoms with Crippen molar-refractivity contribution in [1.29, 1.82) is 0 Å². The zero-order chi connectivity index (χ0) is 14.9. The number of halogens is 1. The summed E-state index contributed by atoms with van der Waals surface area (Å²) in [5.74, 6) is 0.0914. The number of hydrogen-bond donors (Lipinski definition) is 0. The molecule has 0 fully saturated rings. The van der Waals surface area contributed by atoms with Crippen molar-refractivity contribution in [1.82, 2.24) is 14.7 Å². The molecule has 0 radical (unpaired) electrons. The van der Waals surface area contributed by atoms with Crippen LogP contribution in [0.3, 0.4) is 0 Å². The first-order valence-electron chi connectivity index (χ1n) is 6.35. The van der Waals surface area contributed by atoms with Gasteiger partial charge in [0.1, 0.15) is 0 Å². The molecular formula is C14H18ClN3OS. The van der Waals surface area contributed by atoms with Crippen LogP contribution in [0.4, 0.5) is 0 Å². The smallest absolute Gasteiger partial charge is 0.227 e. The van der Waals surface area contributed by atoms with Gasteiger partial charge >= 0.3 is 0 Å². The van der Waals surface area contributed by atoms with Crippen LogP contribution in [0.1, 0.15) is 21.8 Å². The molecule has 0 atom stereocenters. The van der Waals surface area contributed by atoms with Gasteiger partial charge in [-0.2, -0.15) is 5.10 Å². The molecule has 4 nitrogen and oxygen atoms in total. The molecular weight excluding hydrogens is 294 g/mol. The predicted octanol–water partition coefficient (Wildman–Crippen LogP) is 2.95. The van der Waals surface area contributed by atoms with Gasteiger partial charge in [0.05, 0.1) is 23.0 Å². The Kier molecular flexibility index (Phi) is 4.50. The fraction of sp³-hybridized carbons (Fsp3) is 0.429. The van der Waals surface area contributed by atoms with Crippen molar-refractivity contribution in [3.8, 4) is 0 Å². The predicted molar refractivity (Wildman–Crippen MR) is 82.2 cm³/mol.